The van der Waals surface area contributed by atoms with E-state index in [0.29, 0.717) is 5.56 Å². The number of aromatic nitrogens is 1. The molecule has 1 heterocycles. The number of hydrogen-bond donors (Lipinski definition) is 0. The van der Waals surface area contributed by atoms with Crippen LogP contribution in [-0.4, -0.2) is 4.98 Å². The number of nitriles is 1. The maximum Gasteiger partial charge on any atom is 0.0998 e. The van der Waals surface area contributed by atoms with Gasteiger partial charge in [0, 0.05) is 11.8 Å². The van der Waals surface area contributed by atoms with Gasteiger partial charge in [0.2, 0.25) is 0 Å². The van der Waals surface area contributed by atoms with Gasteiger partial charge in [0.05, 0.1) is 22.0 Å². The van der Waals surface area contributed by atoms with E-state index in [2.05, 4.69) is 11.1 Å². The lowest BCUT2D eigenvalue weighted by Gasteiger charge is -1.97. The van der Waals surface area contributed by atoms with Gasteiger partial charge in [0.25, 0.3) is 0 Å². The third-order valence-corrected chi connectivity index (χ3v) is 2.55. The van der Waals surface area contributed by atoms with Crippen molar-refractivity contribution in [2.24, 2.45) is 0 Å². The molecular weight excluding hydrogens is 180 g/mol. The average molecular weight is 186 g/mol. The first kappa shape index (κ1) is 7.96. The standard InChI is InChI=1S/C10H6N2S/c11-5-8-3-1-2-4-9(8)10-6-12-7-13-10/h1-4,6-7H. The van der Waals surface area contributed by atoms with E-state index in [0.717, 1.165) is 10.4 Å². The maximum atomic E-state index is 8.85. The van der Waals surface area contributed by atoms with Crippen molar-refractivity contribution in [3.63, 3.8) is 0 Å². The van der Waals surface area contributed by atoms with Crippen molar-refractivity contribution >= 4 is 11.3 Å². The predicted octanol–water partition coefficient (Wildman–Crippen LogP) is 2.68. The van der Waals surface area contributed by atoms with Gasteiger partial charge in [-0.15, -0.1) is 11.3 Å². The lowest BCUT2D eigenvalue weighted by molar-refractivity contribution is 1.42. The molecule has 0 aliphatic carbocycles. The Balaban J connectivity index is 2.59. The van der Waals surface area contributed by atoms with Crippen molar-refractivity contribution in [2.75, 3.05) is 0 Å². The van der Waals surface area contributed by atoms with Crippen molar-refractivity contribution in [3.8, 4) is 16.5 Å². The first-order chi connectivity index (χ1) is 6.42. The highest BCUT2D eigenvalue weighted by Crippen LogP contribution is 2.25. The molecule has 3 heteroatoms. The third kappa shape index (κ3) is 1.44. The highest BCUT2D eigenvalue weighted by atomic mass is 32.1. The van der Waals surface area contributed by atoms with Gasteiger partial charge in [0.15, 0.2) is 0 Å². The molecule has 0 atom stereocenters. The normalized spacial score (nSPS) is 9.46. The quantitative estimate of drug-likeness (QED) is 0.686. The summed E-state index contributed by atoms with van der Waals surface area (Å²) in [6.45, 7) is 0. The van der Waals surface area contributed by atoms with Crippen LogP contribution in [0.3, 0.4) is 0 Å². The Morgan fingerprint density at radius 1 is 1.31 bits per heavy atom. The Labute approximate surface area is 80.1 Å². The van der Waals surface area contributed by atoms with Crippen molar-refractivity contribution < 1.29 is 0 Å². The van der Waals surface area contributed by atoms with E-state index in [1.165, 1.54) is 0 Å². The first-order valence-corrected chi connectivity index (χ1v) is 4.68. The zero-order valence-electron chi connectivity index (χ0n) is 6.77. The molecule has 0 bridgehead atoms. The molecule has 0 aliphatic heterocycles. The summed E-state index contributed by atoms with van der Waals surface area (Å²) < 4.78 is 0. The molecule has 0 spiro atoms. The number of hydrogen-bond acceptors (Lipinski definition) is 3. The van der Waals surface area contributed by atoms with Crippen LogP contribution in [0.2, 0.25) is 0 Å². The van der Waals surface area contributed by atoms with E-state index in [9.17, 15) is 0 Å². The number of rotatable bonds is 1. The summed E-state index contributed by atoms with van der Waals surface area (Å²) in [4.78, 5) is 5.02. The van der Waals surface area contributed by atoms with Gasteiger partial charge >= 0.3 is 0 Å². The van der Waals surface area contributed by atoms with E-state index in [1.807, 2.05) is 24.3 Å². The number of benzene rings is 1. The summed E-state index contributed by atoms with van der Waals surface area (Å²) in [6, 6.07) is 9.70. The minimum Gasteiger partial charge on any atom is -0.252 e. The van der Waals surface area contributed by atoms with Crippen molar-refractivity contribution in [1.29, 1.82) is 5.26 Å². The smallest absolute Gasteiger partial charge is 0.0998 e. The van der Waals surface area contributed by atoms with Gasteiger partial charge in [0.1, 0.15) is 0 Å². The molecule has 0 amide bonds. The Bertz CT molecular complexity index is 440. The van der Waals surface area contributed by atoms with Crippen LogP contribution in [0, 0.1) is 11.3 Å². The Morgan fingerprint density at radius 2 is 2.15 bits per heavy atom. The molecular formula is C10H6N2S. The molecule has 1 aromatic carbocycles. The van der Waals surface area contributed by atoms with E-state index >= 15 is 0 Å². The van der Waals surface area contributed by atoms with E-state index in [-0.39, 0.29) is 0 Å². The summed E-state index contributed by atoms with van der Waals surface area (Å²) in [5.41, 5.74) is 3.43. The fraction of sp³-hybridized carbons (Fsp3) is 0. The van der Waals surface area contributed by atoms with Crippen LogP contribution in [0.25, 0.3) is 10.4 Å². The Kier molecular flexibility index (Phi) is 2.07. The molecule has 2 aromatic rings. The van der Waals surface area contributed by atoms with Crippen LogP contribution in [0.5, 0.6) is 0 Å². The highest BCUT2D eigenvalue weighted by molar-refractivity contribution is 7.13. The van der Waals surface area contributed by atoms with E-state index < -0.39 is 0 Å². The van der Waals surface area contributed by atoms with Gasteiger partial charge in [-0.05, 0) is 6.07 Å². The van der Waals surface area contributed by atoms with E-state index in [4.69, 9.17) is 5.26 Å². The summed E-state index contributed by atoms with van der Waals surface area (Å²) in [7, 11) is 0. The van der Waals surface area contributed by atoms with Crippen LogP contribution in [-0.2, 0) is 0 Å². The first-order valence-electron chi connectivity index (χ1n) is 3.80. The zero-order chi connectivity index (χ0) is 9.10. The second-order valence-electron chi connectivity index (χ2n) is 2.52. The Hall–Kier alpha value is -1.66. The summed E-state index contributed by atoms with van der Waals surface area (Å²) in [6.07, 6.45) is 1.78. The fourth-order valence-electron chi connectivity index (χ4n) is 1.14. The lowest BCUT2D eigenvalue weighted by Crippen LogP contribution is -1.79. The average Bonchev–Trinajstić information content (AvgIpc) is 2.70. The largest absolute Gasteiger partial charge is 0.252 e. The van der Waals surface area contributed by atoms with Gasteiger partial charge in [-0.2, -0.15) is 5.26 Å². The van der Waals surface area contributed by atoms with Gasteiger partial charge in [-0.25, -0.2) is 0 Å². The second kappa shape index (κ2) is 3.38. The number of thiazole rings is 1. The second-order valence-corrected chi connectivity index (χ2v) is 3.41. The minimum absolute atomic E-state index is 0.701. The van der Waals surface area contributed by atoms with Crippen LogP contribution in [0.15, 0.2) is 36.0 Å². The molecule has 0 N–H and O–H groups in total. The molecule has 2 rings (SSSR count). The molecule has 0 aliphatic rings. The van der Waals surface area contributed by atoms with Crippen LogP contribution in [0.4, 0.5) is 0 Å². The molecule has 62 valence electrons. The fourth-order valence-corrected chi connectivity index (χ4v) is 1.81. The monoisotopic (exact) mass is 186 g/mol. The SMILES string of the molecule is N#Cc1ccccc1-c1cncs1. The van der Waals surface area contributed by atoms with Gasteiger partial charge < -0.3 is 0 Å². The molecule has 1 aromatic heterocycles. The molecule has 0 unspecified atom stereocenters. The van der Waals surface area contributed by atoms with E-state index in [1.54, 1.807) is 23.0 Å². The molecule has 0 radical (unpaired) electrons. The number of nitrogens with zero attached hydrogens (tertiary/aromatic N) is 2. The van der Waals surface area contributed by atoms with Gasteiger partial charge in [-0.3, -0.25) is 4.98 Å². The van der Waals surface area contributed by atoms with Crippen LogP contribution >= 0.6 is 11.3 Å². The predicted molar refractivity (Wildman–Crippen MR) is 52.3 cm³/mol. The molecule has 0 saturated heterocycles. The maximum absolute atomic E-state index is 8.85. The third-order valence-electron chi connectivity index (χ3n) is 1.75. The highest BCUT2D eigenvalue weighted by Gasteiger charge is 2.03. The summed E-state index contributed by atoms with van der Waals surface area (Å²) >= 11 is 1.54. The molecule has 0 fully saturated rings. The molecule has 13 heavy (non-hydrogen) atoms. The topological polar surface area (TPSA) is 36.7 Å². The zero-order valence-corrected chi connectivity index (χ0v) is 7.58. The molecule has 2 nitrogen and oxygen atoms in total. The molecule has 0 saturated carbocycles. The van der Waals surface area contributed by atoms with Crippen LogP contribution < -0.4 is 0 Å². The summed E-state index contributed by atoms with van der Waals surface area (Å²) in [5.74, 6) is 0. The van der Waals surface area contributed by atoms with Crippen LogP contribution in [0.1, 0.15) is 5.56 Å². The van der Waals surface area contributed by atoms with Gasteiger partial charge in [-0.1, -0.05) is 18.2 Å². The summed E-state index contributed by atoms with van der Waals surface area (Å²) in [5, 5.41) is 8.85. The minimum atomic E-state index is 0.701. The van der Waals surface area contributed by atoms with Crippen molar-refractivity contribution in [1.82, 2.24) is 4.98 Å². The Morgan fingerprint density at radius 3 is 2.85 bits per heavy atom. The van der Waals surface area contributed by atoms with Crippen molar-refractivity contribution in [3.05, 3.63) is 41.5 Å². The lowest BCUT2D eigenvalue weighted by atomic mass is 10.1. The van der Waals surface area contributed by atoms with Crippen molar-refractivity contribution in [2.45, 2.75) is 0 Å².